The fraction of sp³-hybridized carbons (Fsp3) is 0.800. The van der Waals surface area contributed by atoms with Crippen molar-refractivity contribution in [2.75, 3.05) is 52.0 Å². The maximum absolute atomic E-state index is 5.26. The Morgan fingerprint density at radius 1 is 1.29 bits per heavy atom. The topological polar surface area (TPSA) is 46.6 Å². The zero-order valence-corrected chi connectivity index (χ0v) is 14.2. The lowest BCUT2D eigenvalue weighted by Gasteiger charge is -2.31. The van der Waals surface area contributed by atoms with Gasteiger partial charge in [-0.3, -0.25) is 0 Å². The van der Waals surface area contributed by atoms with Crippen molar-refractivity contribution >= 4 is 16.5 Å². The molecule has 1 saturated heterocycles. The van der Waals surface area contributed by atoms with Crippen LogP contribution in [0, 0.1) is 12.8 Å². The molecule has 1 fully saturated rings. The molecule has 1 aliphatic heterocycles. The molecule has 21 heavy (non-hydrogen) atoms. The third kappa shape index (κ3) is 4.92. The molecule has 1 aromatic rings. The Morgan fingerprint density at radius 2 is 2.05 bits per heavy atom. The molecule has 120 valence electrons. The first-order chi connectivity index (χ1) is 10.2. The highest BCUT2D eigenvalue weighted by Gasteiger charge is 2.22. The van der Waals surface area contributed by atoms with Gasteiger partial charge in [-0.1, -0.05) is 0 Å². The maximum atomic E-state index is 5.26. The molecule has 1 aliphatic rings. The van der Waals surface area contributed by atoms with E-state index < -0.39 is 0 Å². The largest absolute Gasteiger partial charge is 0.384 e. The summed E-state index contributed by atoms with van der Waals surface area (Å²) in [5.41, 5.74) is 1.15. The molecule has 0 spiro atoms. The highest BCUT2D eigenvalue weighted by atomic mass is 32.1. The quantitative estimate of drug-likeness (QED) is 0.744. The van der Waals surface area contributed by atoms with Crippen LogP contribution in [-0.4, -0.2) is 52.1 Å². The summed E-state index contributed by atoms with van der Waals surface area (Å²) in [6.07, 6.45) is 2.40. The molecule has 0 radical (unpaired) electrons. The Balaban J connectivity index is 1.84. The van der Waals surface area contributed by atoms with E-state index >= 15 is 0 Å². The predicted octanol–water partition coefficient (Wildman–Crippen LogP) is 2.05. The van der Waals surface area contributed by atoms with Gasteiger partial charge in [-0.25, -0.2) is 4.98 Å². The molecule has 0 atom stereocenters. The van der Waals surface area contributed by atoms with E-state index in [0.29, 0.717) is 5.92 Å². The van der Waals surface area contributed by atoms with Crippen molar-refractivity contribution in [3.05, 3.63) is 10.6 Å². The van der Waals surface area contributed by atoms with Crippen LogP contribution in [0.4, 0.5) is 5.13 Å². The normalized spacial score (nSPS) is 16.6. The van der Waals surface area contributed by atoms with E-state index in [2.05, 4.69) is 17.1 Å². The number of hydrogen-bond acceptors (Lipinski definition) is 6. The molecule has 2 heterocycles. The third-order valence-electron chi connectivity index (χ3n) is 3.94. The molecular formula is C15H27N3O2S. The fourth-order valence-electron chi connectivity index (χ4n) is 2.61. The number of thiazole rings is 1. The van der Waals surface area contributed by atoms with Crippen molar-refractivity contribution in [3.63, 3.8) is 0 Å². The van der Waals surface area contributed by atoms with Crippen LogP contribution in [-0.2, 0) is 16.0 Å². The van der Waals surface area contributed by atoms with Gasteiger partial charge in [0.05, 0.1) is 12.3 Å². The number of rotatable bonds is 8. The Hall–Kier alpha value is -0.690. The van der Waals surface area contributed by atoms with E-state index in [1.807, 2.05) is 11.3 Å². The second-order valence-corrected chi connectivity index (χ2v) is 6.62. The van der Waals surface area contributed by atoms with Crippen molar-refractivity contribution in [1.82, 2.24) is 10.3 Å². The monoisotopic (exact) mass is 313 g/mol. The number of piperidine rings is 1. The minimum absolute atomic E-state index is 0.711. The van der Waals surface area contributed by atoms with Crippen molar-refractivity contribution in [2.24, 2.45) is 5.92 Å². The maximum Gasteiger partial charge on any atom is 0.185 e. The van der Waals surface area contributed by atoms with Gasteiger partial charge in [-0.15, -0.1) is 11.3 Å². The second kappa shape index (κ2) is 8.68. The van der Waals surface area contributed by atoms with Gasteiger partial charge in [0.15, 0.2) is 5.13 Å². The second-order valence-electron chi connectivity index (χ2n) is 5.56. The van der Waals surface area contributed by atoms with Crippen LogP contribution in [0.15, 0.2) is 0 Å². The van der Waals surface area contributed by atoms with Gasteiger partial charge in [-0.05, 0) is 25.7 Å². The zero-order chi connectivity index (χ0) is 15.1. The Bertz CT molecular complexity index is 417. The van der Waals surface area contributed by atoms with Crippen molar-refractivity contribution < 1.29 is 9.47 Å². The summed E-state index contributed by atoms with van der Waals surface area (Å²) < 4.78 is 10.3. The molecule has 0 bridgehead atoms. The first kappa shape index (κ1) is 16.7. The van der Waals surface area contributed by atoms with Crippen LogP contribution in [0.3, 0.4) is 0 Å². The van der Waals surface area contributed by atoms with E-state index in [1.165, 1.54) is 22.9 Å². The average Bonchev–Trinajstić information content (AvgIpc) is 2.86. The Labute approximate surface area is 131 Å². The fourth-order valence-corrected chi connectivity index (χ4v) is 3.70. The smallest absolute Gasteiger partial charge is 0.185 e. The summed E-state index contributed by atoms with van der Waals surface area (Å²) in [6, 6.07) is 0. The molecule has 0 saturated carbocycles. The minimum Gasteiger partial charge on any atom is -0.384 e. The number of hydrogen-bond donors (Lipinski definition) is 1. The number of methoxy groups -OCH3 is 2. The number of nitrogens with one attached hydrogen (secondary N) is 1. The molecule has 5 nitrogen and oxygen atoms in total. The number of aryl methyl sites for hydroxylation is 1. The molecule has 0 aromatic carbocycles. The molecular weight excluding hydrogens is 286 g/mol. The van der Waals surface area contributed by atoms with Gasteiger partial charge in [0.25, 0.3) is 0 Å². The summed E-state index contributed by atoms with van der Waals surface area (Å²) in [5.74, 6) is 0.711. The number of nitrogens with zero attached hydrogens (tertiary/aromatic N) is 2. The number of aromatic nitrogens is 1. The van der Waals surface area contributed by atoms with Crippen molar-refractivity contribution in [3.8, 4) is 0 Å². The van der Waals surface area contributed by atoms with Crippen LogP contribution < -0.4 is 10.2 Å². The first-order valence-electron chi connectivity index (χ1n) is 7.64. The molecule has 0 amide bonds. The molecule has 6 heteroatoms. The lowest BCUT2D eigenvalue weighted by molar-refractivity contribution is 0.139. The molecule has 0 aliphatic carbocycles. The summed E-state index contributed by atoms with van der Waals surface area (Å²) in [7, 11) is 3.52. The summed E-state index contributed by atoms with van der Waals surface area (Å²) in [4.78, 5) is 8.50. The van der Waals surface area contributed by atoms with E-state index in [4.69, 9.17) is 14.5 Å². The van der Waals surface area contributed by atoms with E-state index in [-0.39, 0.29) is 0 Å². The molecule has 0 unspecified atom stereocenters. The standard InChI is InChI=1S/C15H27N3O2S/c1-12-14(10-16-6-9-19-2)21-15(17-12)18-7-4-13(5-8-18)11-20-3/h13,16H,4-11H2,1-3H3. The highest BCUT2D eigenvalue weighted by molar-refractivity contribution is 7.15. The number of anilines is 1. The van der Waals surface area contributed by atoms with Crippen molar-refractivity contribution in [1.29, 1.82) is 0 Å². The molecule has 1 N–H and O–H groups in total. The zero-order valence-electron chi connectivity index (χ0n) is 13.4. The van der Waals surface area contributed by atoms with Gasteiger partial charge in [-0.2, -0.15) is 0 Å². The average molecular weight is 313 g/mol. The molecule has 2 rings (SSSR count). The van der Waals surface area contributed by atoms with Gasteiger partial charge in [0.2, 0.25) is 0 Å². The van der Waals surface area contributed by atoms with Gasteiger partial charge >= 0.3 is 0 Å². The Kier molecular flexibility index (Phi) is 6.89. The summed E-state index contributed by atoms with van der Waals surface area (Å²) >= 11 is 1.82. The van der Waals surface area contributed by atoms with Crippen LogP contribution in [0.25, 0.3) is 0 Å². The predicted molar refractivity (Wildman–Crippen MR) is 87.2 cm³/mol. The van der Waals surface area contributed by atoms with Crippen LogP contribution in [0.5, 0.6) is 0 Å². The van der Waals surface area contributed by atoms with Gasteiger partial charge < -0.3 is 19.7 Å². The minimum atomic E-state index is 0.711. The van der Waals surface area contributed by atoms with Gasteiger partial charge in [0.1, 0.15) is 0 Å². The summed E-state index contributed by atoms with van der Waals surface area (Å²) in [6.45, 7) is 7.69. The van der Waals surface area contributed by atoms with E-state index in [9.17, 15) is 0 Å². The SMILES string of the molecule is COCCNCc1sc(N2CCC(COC)CC2)nc1C. The number of ether oxygens (including phenoxy) is 2. The summed E-state index contributed by atoms with van der Waals surface area (Å²) in [5, 5.41) is 4.57. The first-order valence-corrected chi connectivity index (χ1v) is 8.46. The lowest BCUT2D eigenvalue weighted by Crippen LogP contribution is -2.34. The highest BCUT2D eigenvalue weighted by Crippen LogP contribution is 2.29. The van der Waals surface area contributed by atoms with Crippen LogP contribution in [0.1, 0.15) is 23.4 Å². The lowest BCUT2D eigenvalue weighted by atomic mass is 9.98. The van der Waals surface area contributed by atoms with E-state index in [0.717, 1.165) is 45.1 Å². The van der Waals surface area contributed by atoms with Crippen molar-refractivity contribution in [2.45, 2.75) is 26.3 Å². The third-order valence-corrected chi connectivity index (χ3v) is 5.16. The Morgan fingerprint density at radius 3 is 2.71 bits per heavy atom. The van der Waals surface area contributed by atoms with Gasteiger partial charge in [0, 0.05) is 51.9 Å². The van der Waals surface area contributed by atoms with Crippen LogP contribution >= 0.6 is 11.3 Å². The molecule has 1 aromatic heterocycles. The van der Waals surface area contributed by atoms with E-state index in [1.54, 1.807) is 14.2 Å². The van der Waals surface area contributed by atoms with Crippen LogP contribution in [0.2, 0.25) is 0 Å².